The summed E-state index contributed by atoms with van der Waals surface area (Å²) in [5.74, 6) is 2.60. The van der Waals surface area contributed by atoms with Crippen LogP contribution in [0.25, 0.3) is 0 Å². The van der Waals surface area contributed by atoms with Crippen molar-refractivity contribution in [1.82, 2.24) is 0 Å². The first-order chi connectivity index (χ1) is 9.13. The fourth-order valence-corrected chi connectivity index (χ4v) is 3.18. The molecule has 0 radical (unpaired) electrons. The average Bonchev–Trinajstić information content (AvgIpc) is 2.66. The number of nitro groups is 1. The Labute approximate surface area is 118 Å². The highest BCUT2D eigenvalue weighted by Crippen LogP contribution is 2.41. The van der Waals surface area contributed by atoms with Crippen molar-refractivity contribution in [3.63, 3.8) is 0 Å². The fraction of sp³-hybridized carbons (Fsp3) is 0.467. The van der Waals surface area contributed by atoms with Crippen LogP contribution in [0.15, 0.2) is 12.1 Å². The van der Waals surface area contributed by atoms with Crippen LogP contribution in [0.3, 0.4) is 0 Å². The molecule has 0 bridgehead atoms. The number of hydrogen-bond donors (Lipinski definition) is 0. The van der Waals surface area contributed by atoms with E-state index in [2.05, 4.69) is 5.92 Å². The van der Waals surface area contributed by atoms with Crippen molar-refractivity contribution in [2.75, 3.05) is 0 Å². The molecule has 1 saturated carbocycles. The number of nitro benzene ring substituents is 1. The highest BCUT2D eigenvalue weighted by molar-refractivity contribution is 6.31. The molecule has 1 aromatic carbocycles. The van der Waals surface area contributed by atoms with Gasteiger partial charge in [-0.15, -0.1) is 6.42 Å². The van der Waals surface area contributed by atoms with Gasteiger partial charge >= 0.3 is 0 Å². The summed E-state index contributed by atoms with van der Waals surface area (Å²) in [7, 11) is 0. The zero-order valence-electron chi connectivity index (χ0n) is 10.7. The van der Waals surface area contributed by atoms with Crippen molar-refractivity contribution < 1.29 is 4.92 Å². The monoisotopic (exact) mass is 277 g/mol. The van der Waals surface area contributed by atoms with E-state index in [4.69, 9.17) is 18.0 Å². The largest absolute Gasteiger partial charge is 0.275 e. The summed E-state index contributed by atoms with van der Waals surface area (Å²) >= 11 is 6.24. The molecule has 0 saturated heterocycles. The van der Waals surface area contributed by atoms with Crippen molar-refractivity contribution >= 4 is 17.3 Å². The molecule has 1 aromatic rings. The predicted molar refractivity (Wildman–Crippen MR) is 76.5 cm³/mol. The minimum atomic E-state index is -0.368. The van der Waals surface area contributed by atoms with E-state index in [0.717, 1.165) is 25.7 Å². The maximum atomic E-state index is 11.2. The van der Waals surface area contributed by atoms with Gasteiger partial charge in [0.1, 0.15) is 0 Å². The zero-order chi connectivity index (χ0) is 13.8. The Bertz CT molecular complexity index is 526. The second-order valence-corrected chi connectivity index (χ2v) is 5.39. The molecule has 0 unspecified atom stereocenters. The molecule has 0 heterocycles. The molecule has 0 spiro atoms. The van der Waals surface area contributed by atoms with Gasteiger partial charge in [0.2, 0.25) is 0 Å². The minimum Gasteiger partial charge on any atom is -0.258 e. The van der Waals surface area contributed by atoms with Gasteiger partial charge in [0.05, 0.1) is 15.5 Å². The van der Waals surface area contributed by atoms with Crippen LogP contribution in [0.4, 0.5) is 5.69 Å². The Kier molecular flexibility index (Phi) is 4.44. The number of benzene rings is 1. The molecule has 1 fully saturated rings. The summed E-state index contributed by atoms with van der Waals surface area (Å²) in [6.07, 6.45) is 11.9. The number of rotatable bonds is 2. The third kappa shape index (κ3) is 3.08. The van der Waals surface area contributed by atoms with Gasteiger partial charge in [-0.3, -0.25) is 10.1 Å². The number of hydrogen-bond acceptors (Lipinski definition) is 2. The first-order valence-corrected chi connectivity index (χ1v) is 6.95. The van der Waals surface area contributed by atoms with Gasteiger partial charge in [0.15, 0.2) is 0 Å². The van der Waals surface area contributed by atoms with Gasteiger partial charge in [0.25, 0.3) is 5.69 Å². The Hall–Kier alpha value is -1.53. The lowest BCUT2D eigenvalue weighted by molar-refractivity contribution is -0.385. The summed E-state index contributed by atoms with van der Waals surface area (Å²) in [4.78, 5) is 10.9. The maximum Gasteiger partial charge on any atom is 0.275 e. The van der Waals surface area contributed by atoms with E-state index in [0.29, 0.717) is 16.1 Å². The summed E-state index contributed by atoms with van der Waals surface area (Å²) in [5.41, 5.74) is 1.22. The summed E-state index contributed by atoms with van der Waals surface area (Å²) in [5, 5.41) is 11.7. The second kappa shape index (κ2) is 6.08. The quantitative estimate of drug-likeness (QED) is 0.341. The predicted octanol–water partition coefficient (Wildman–Crippen LogP) is 4.67. The Balaban J connectivity index is 2.48. The summed E-state index contributed by atoms with van der Waals surface area (Å²) < 4.78 is 0. The van der Waals surface area contributed by atoms with Crippen LogP contribution < -0.4 is 0 Å². The molecule has 19 heavy (non-hydrogen) atoms. The normalized spacial score (nSPS) is 16.6. The minimum absolute atomic E-state index is 0.0763. The SMILES string of the molecule is C#Cc1cc(Cl)c(C2CCCCCC2)c([N+](=O)[O-])c1. The highest BCUT2D eigenvalue weighted by atomic mass is 35.5. The fourth-order valence-electron chi connectivity index (χ4n) is 2.81. The molecule has 0 aliphatic heterocycles. The van der Waals surface area contributed by atoms with Crippen molar-refractivity contribution in [3.8, 4) is 12.3 Å². The standard InChI is InChI=1S/C15H16ClNO2/c1-2-11-9-13(16)15(14(10-11)17(18)19)12-7-5-3-4-6-8-12/h1,9-10,12H,3-8H2. The molecule has 3 nitrogen and oxygen atoms in total. The van der Waals surface area contributed by atoms with Crippen LogP contribution in [0.2, 0.25) is 5.02 Å². The van der Waals surface area contributed by atoms with Crippen molar-refractivity contribution in [3.05, 3.63) is 38.4 Å². The topological polar surface area (TPSA) is 43.1 Å². The van der Waals surface area contributed by atoms with E-state index < -0.39 is 0 Å². The maximum absolute atomic E-state index is 11.2. The third-order valence-electron chi connectivity index (χ3n) is 3.73. The van der Waals surface area contributed by atoms with Gasteiger partial charge < -0.3 is 0 Å². The lowest BCUT2D eigenvalue weighted by Gasteiger charge is -2.16. The van der Waals surface area contributed by atoms with Crippen LogP contribution in [0.5, 0.6) is 0 Å². The van der Waals surface area contributed by atoms with Crippen molar-refractivity contribution in [2.45, 2.75) is 44.4 Å². The van der Waals surface area contributed by atoms with E-state index in [9.17, 15) is 10.1 Å². The van der Waals surface area contributed by atoms with Crippen LogP contribution in [0, 0.1) is 22.5 Å². The Morgan fingerprint density at radius 3 is 2.42 bits per heavy atom. The van der Waals surface area contributed by atoms with Gasteiger partial charge in [-0.1, -0.05) is 43.2 Å². The third-order valence-corrected chi connectivity index (χ3v) is 4.05. The smallest absolute Gasteiger partial charge is 0.258 e. The van der Waals surface area contributed by atoms with E-state index in [-0.39, 0.29) is 16.5 Å². The van der Waals surface area contributed by atoms with Crippen LogP contribution >= 0.6 is 11.6 Å². The lowest BCUT2D eigenvalue weighted by Crippen LogP contribution is -2.04. The molecule has 0 amide bonds. The van der Waals surface area contributed by atoms with E-state index >= 15 is 0 Å². The van der Waals surface area contributed by atoms with Crippen LogP contribution in [-0.2, 0) is 0 Å². The number of terminal acetylenes is 1. The molecule has 0 N–H and O–H groups in total. The van der Waals surface area contributed by atoms with Gasteiger partial charge in [-0.05, 0) is 24.8 Å². The summed E-state index contributed by atoms with van der Waals surface area (Å²) in [6.45, 7) is 0. The molecule has 1 aliphatic carbocycles. The van der Waals surface area contributed by atoms with Gasteiger partial charge in [-0.25, -0.2) is 0 Å². The molecule has 2 rings (SSSR count). The average molecular weight is 278 g/mol. The van der Waals surface area contributed by atoms with Crippen LogP contribution in [0.1, 0.15) is 55.6 Å². The molecule has 1 aliphatic rings. The van der Waals surface area contributed by atoms with Crippen molar-refractivity contribution in [1.29, 1.82) is 0 Å². The van der Waals surface area contributed by atoms with E-state index in [1.54, 1.807) is 6.07 Å². The Morgan fingerprint density at radius 1 is 1.26 bits per heavy atom. The molecular formula is C15H16ClNO2. The lowest BCUT2D eigenvalue weighted by atomic mass is 9.89. The Morgan fingerprint density at radius 2 is 1.89 bits per heavy atom. The number of nitrogens with zero attached hydrogens (tertiary/aromatic N) is 1. The molecule has 4 heteroatoms. The molecular weight excluding hydrogens is 262 g/mol. The first-order valence-electron chi connectivity index (χ1n) is 6.58. The second-order valence-electron chi connectivity index (χ2n) is 4.98. The van der Waals surface area contributed by atoms with Gasteiger partial charge in [-0.2, -0.15) is 0 Å². The number of halogens is 1. The summed E-state index contributed by atoms with van der Waals surface area (Å²) in [6, 6.07) is 3.13. The molecule has 100 valence electrons. The van der Waals surface area contributed by atoms with Gasteiger partial charge in [0, 0.05) is 11.6 Å². The van der Waals surface area contributed by atoms with E-state index in [1.807, 2.05) is 0 Å². The van der Waals surface area contributed by atoms with Crippen LogP contribution in [-0.4, -0.2) is 4.92 Å². The van der Waals surface area contributed by atoms with Crippen molar-refractivity contribution in [2.24, 2.45) is 0 Å². The highest BCUT2D eigenvalue weighted by Gasteiger charge is 2.26. The zero-order valence-corrected chi connectivity index (χ0v) is 11.4. The van der Waals surface area contributed by atoms with E-state index in [1.165, 1.54) is 18.9 Å². The molecule has 0 aromatic heterocycles. The first kappa shape index (κ1) is 13.9. The molecule has 0 atom stereocenters.